The first-order valence-electron chi connectivity index (χ1n) is 8.14. The molecule has 0 radical (unpaired) electrons. The lowest BCUT2D eigenvalue weighted by Gasteiger charge is -2.12. The SMILES string of the molecule is COc1cc2cc(-c3nnn[nH]3)oc2cc1CNc1ccc(O)c(CF)c1. The molecule has 4 rings (SSSR count). The monoisotopic (exact) mass is 369 g/mol. The smallest absolute Gasteiger partial charge is 0.215 e. The Morgan fingerprint density at radius 1 is 1.22 bits per heavy atom. The number of nitrogens with one attached hydrogen (secondary N) is 2. The third kappa shape index (κ3) is 3.26. The second kappa shape index (κ2) is 6.94. The van der Waals surface area contributed by atoms with Crippen LogP contribution in [0.5, 0.6) is 11.5 Å². The molecule has 0 bridgehead atoms. The molecule has 4 aromatic rings. The van der Waals surface area contributed by atoms with Crippen molar-refractivity contribution in [2.45, 2.75) is 13.2 Å². The molecule has 0 spiro atoms. The Morgan fingerprint density at radius 2 is 2.11 bits per heavy atom. The van der Waals surface area contributed by atoms with Gasteiger partial charge in [-0.05, 0) is 46.8 Å². The highest BCUT2D eigenvalue weighted by molar-refractivity contribution is 5.84. The molecule has 0 amide bonds. The zero-order valence-corrected chi connectivity index (χ0v) is 14.4. The van der Waals surface area contributed by atoms with E-state index >= 15 is 0 Å². The molecule has 0 aliphatic heterocycles. The number of tetrazole rings is 1. The van der Waals surface area contributed by atoms with Crippen molar-refractivity contribution in [3.63, 3.8) is 0 Å². The minimum Gasteiger partial charge on any atom is -0.508 e. The van der Waals surface area contributed by atoms with Crippen LogP contribution in [0.15, 0.2) is 40.8 Å². The number of anilines is 1. The first-order valence-corrected chi connectivity index (χ1v) is 8.14. The van der Waals surface area contributed by atoms with Gasteiger partial charge in [-0.25, -0.2) is 9.49 Å². The summed E-state index contributed by atoms with van der Waals surface area (Å²) < 4.78 is 24.2. The van der Waals surface area contributed by atoms with E-state index < -0.39 is 6.67 Å². The number of furan rings is 1. The minimum atomic E-state index is -0.734. The van der Waals surface area contributed by atoms with Crippen LogP contribution in [-0.2, 0) is 13.2 Å². The lowest BCUT2D eigenvalue weighted by molar-refractivity contribution is 0.411. The number of phenols is 1. The quantitative estimate of drug-likeness (QED) is 0.447. The Hall–Kier alpha value is -3.62. The maximum atomic E-state index is 12.9. The Labute approximate surface area is 153 Å². The average Bonchev–Trinajstić information content (AvgIpc) is 3.35. The number of hydrogen-bond donors (Lipinski definition) is 3. The lowest BCUT2D eigenvalue weighted by atomic mass is 10.1. The van der Waals surface area contributed by atoms with E-state index in [4.69, 9.17) is 9.15 Å². The highest BCUT2D eigenvalue weighted by atomic mass is 19.1. The number of alkyl halides is 1. The van der Waals surface area contributed by atoms with Crippen LogP contribution in [0.1, 0.15) is 11.1 Å². The number of ether oxygens (including phenoxy) is 1. The molecule has 0 aliphatic rings. The van der Waals surface area contributed by atoms with E-state index in [1.807, 2.05) is 18.2 Å². The predicted molar refractivity (Wildman–Crippen MR) is 96.2 cm³/mol. The second-order valence-corrected chi connectivity index (χ2v) is 5.89. The molecule has 2 aromatic heterocycles. The number of methoxy groups -OCH3 is 1. The van der Waals surface area contributed by atoms with Crippen molar-refractivity contribution in [2.75, 3.05) is 12.4 Å². The standard InChI is InChI=1S/C18H16FN5O3/c1-26-15-5-10-6-17(18-21-23-24-22-18)27-16(10)7-12(15)9-20-13-2-3-14(25)11(4-13)8-19/h2-7,20,25H,8-9H2,1H3,(H,21,22,23,24). The van der Waals surface area contributed by atoms with Crippen LogP contribution in [0.4, 0.5) is 10.1 Å². The molecule has 138 valence electrons. The van der Waals surface area contributed by atoms with Gasteiger partial charge in [0, 0.05) is 28.7 Å². The number of phenolic OH excluding ortho intramolecular Hbond substituents is 1. The van der Waals surface area contributed by atoms with Crippen molar-refractivity contribution in [1.82, 2.24) is 20.6 Å². The molecule has 0 saturated carbocycles. The van der Waals surface area contributed by atoms with Gasteiger partial charge in [-0.3, -0.25) is 0 Å². The number of aromatic nitrogens is 4. The summed E-state index contributed by atoms with van der Waals surface area (Å²) in [6.45, 7) is -0.308. The van der Waals surface area contributed by atoms with Gasteiger partial charge in [0.15, 0.2) is 5.76 Å². The van der Waals surface area contributed by atoms with Gasteiger partial charge in [0.2, 0.25) is 5.82 Å². The van der Waals surface area contributed by atoms with Crippen molar-refractivity contribution in [3.05, 3.63) is 47.5 Å². The third-order valence-electron chi connectivity index (χ3n) is 4.20. The molecule has 8 nitrogen and oxygen atoms in total. The van der Waals surface area contributed by atoms with Crippen LogP contribution >= 0.6 is 0 Å². The number of halogens is 1. The summed E-state index contributed by atoms with van der Waals surface area (Å²) >= 11 is 0. The summed E-state index contributed by atoms with van der Waals surface area (Å²) in [5.74, 6) is 1.58. The number of nitrogens with zero attached hydrogens (tertiary/aromatic N) is 3. The van der Waals surface area contributed by atoms with Gasteiger partial charge in [-0.1, -0.05) is 0 Å². The fourth-order valence-corrected chi connectivity index (χ4v) is 2.82. The number of H-pyrrole nitrogens is 1. The van der Waals surface area contributed by atoms with Crippen LogP contribution in [0, 0.1) is 0 Å². The molecule has 2 heterocycles. The number of hydrogen-bond acceptors (Lipinski definition) is 7. The lowest BCUT2D eigenvalue weighted by Crippen LogP contribution is -2.02. The molecule has 9 heteroatoms. The summed E-state index contributed by atoms with van der Waals surface area (Å²) in [7, 11) is 1.59. The number of rotatable bonds is 6. The van der Waals surface area contributed by atoms with Crippen LogP contribution in [-0.4, -0.2) is 32.8 Å². The maximum absolute atomic E-state index is 12.9. The van der Waals surface area contributed by atoms with E-state index in [1.54, 1.807) is 19.2 Å². The Kier molecular flexibility index (Phi) is 4.33. The second-order valence-electron chi connectivity index (χ2n) is 5.89. The molecule has 0 aliphatic carbocycles. The molecular formula is C18H16FN5O3. The van der Waals surface area contributed by atoms with E-state index in [-0.39, 0.29) is 11.3 Å². The molecule has 0 saturated heterocycles. The molecule has 0 atom stereocenters. The predicted octanol–water partition coefficient (Wildman–Crippen LogP) is 3.41. The van der Waals surface area contributed by atoms with Crippen LogP contribution in [0.3, 0.4) is 0 Å². The van der Waals surface area contributed by atoms with Gasteiger partial charge in [0.05, 0.1) is 7.11 Å². The van der Waals surface area contributed by atoms with Crippen molar-refractivity contribution in [2.24, 2.45) is 0 Å². The van der Waals surface area contributed by atoms with Crippen LogP contribution < -0.4 is 10.1 Å². The van der Waals surface area contributed by atoms with E-state index in [0.717, 1.165) is 10.9 Å². The zero-order chi connectivity index (χ0) is 18.8. The molecule has 2 aromatic carbocycles. The van der Waals surface area contributed by atoms with Crippen LogP contribution in [0.25, 0.3) is 22.6 Å². The third-order valence-corrected chi connectivity index (χ3v) is 4.20. The summed E-state index contributed by atoms with van der Waals surface area (Å²) in [5, 5.41) is 27.2. The van der Waals surface area contributed by atoms with Gasteiger partial charge in [-0.2, -0.15) is 0 Å². The van der Waals surface area contributed by atoms with Crippen molar-refractivity contribution >= 4 is 16.7 Å². The molecule has 0 fully saturated rings. The summed E-state index contributed by atoms with van der Waals surface area (Å²) in [4.78, 5) is 0. The van der Waals surface area contributed by atoms with Crippen molar-refractivity contribution in [1.29, 1.82) is 0 Å². The van der Waals surface area contributed by atoms with E-state index in [2.05, 4.69) is 25.9 Å². The van der Waals surface area contributed by atoms with Gasteiger partial charge in [0.1, 0.15) is 23.8 Å². The Morgan fingerprint density at radius 3 is 2.85 bits per heavy atom. The maximum Gasteiger partial charge on any atom is 0.215 e. The topological polar surface area (TPSA) is 109 Å². The normalized spacial score (nSPS) is 11.0. The number of aromatic amines is 1. The van der Waals surface area contributed by atoms with Gasteiger partial charge < -0.3 is 19.6 Å². The highest BCUT2D eigenvalue weighted by Crippen LogP contribution is 2.32. The molecular weight excluding hydrogens is 353 g/mol. The van der Waals surface area contributed by atoms with E-state index in [1.165, 1.54) is 6.07 Å². The first-order chi connectivity index (χ1) is 13.2. The summed E-state index contributed by atoms with van der Waals surface area (Å²) in [5.41, 5.74) is 2.44. The van der Waals surface area contributed by atoms with Crippen LogP contribution in [0.2, 0.25) is 0 Å². The Bertz CT molecular complexity index is 1080. The minimum absolute atomic E-state index is 0.0629. The van der Waals surface area contributed by atoms with E-state index in [9.17, 15) is 9.50 Å². The number of aromatic hydroxyl groups is 1. The molecule has 3 N–H and O–H groups in total. The van der Waals surface area contributed by atoms with E-state index in [0.29, 0.717) is 35.1 Å². The van der Waals surface area contributed by atoms with Crippen molar-refractivity contribution in [3.8, 4) is 23.1 Å². The first kappa shape index (κ1) is 16.8. The van der Waals surface area contributed by atoms with Gasteiger partial charge >= 0.3 is 0 Å². The summed E-state index contributed by atoms with van der Waals surface area (Å²) in [6, 6.07) is 10.3. The van der Waals surface area contributed by atoms with Gasteiger partial charge in [-0.15, -0.1) is 5.10 Å². The largest absolute Gasteiger partial charge is 0.508 e. The molecule has 27 heavy (non-hydrogen) atoms. The fourth-order valence-electron chi connectivity index (χ4n) is 2.82. The van der Waals surface area contributed by atoms with Gasteiger partial charge in [0.25, 0.3) is 0 Å². The Balaban J connectivity index is 1.62. The van der Waals surface area contributed by atoms with Crippen molar-refractivity contribution < 1.29 is 18.7 Å². The number of fused-ring (bicyclic) bond motifs is 1. The zero-order valence-electron chi connectivity index (χ0n) is 14.4. The summed E-state index contributed by atoms with van der Waals surface area (Å²) in [6.07, 6.45) is 0. The molecule has 0 unspecified atom stereocenters. The number of benzene rings is 2. The highest BCUT2D eigenvalue weighted by Gasteiger charge is 2.13. The fraction of sp³-hybridized carbons (Fsp3) is 0.167. The average molecular weight is 369 g/mol.